The topological polar surface area (TPSA) is 207 Å². The van der Waals surface area contributed by atoms with Crippen molar-refractivity contribution in [2.24, 2.45) is 5.73 Å². The van der Waals surface area contributed by atoms with Crippen molar-refractivity contribution in [3.05, 3.63) is 170 Å². The van der Waals surface area contributed by atoms with Crippen LogP contribution in [0.15, 0.2) is 116 Å². The summed E-state index contributed by atoms with van der Waals surface area (Å²) in [6.45, 7) is 3.29. The zero-order chi connectivity index (χ0) is 46.1. The Hall–Kier alpha value is -7.97. The van der Waals surface area contributed by atoms with E-state index in [9.17, 15) is 35.9 Å². The number of fused-ring (bicyclic) bond motifs is 4. The number of hydrogen-bond acceptors (Lipinski definition) is 12. The van der Waals surface area contributed by atoms with Crippen LogP contribution in [0, 0.1) is 35.4 Å². The third-order valence-corrected chi connectivity index (χ3v) is 9.92. The highest BCUT2D eigenvalue weighted by Crippen LogP contribution is 2.33. The van der Waals surface area contributed by atoms with E-state index in [1.54, 1.807) is 19.9 Å². The monoisotopic (exact) mass is 910 g/mol. The number of nitrogens with one attached hydrogen (secondary N) is 3. The molecule has 6 aromatic heterocycles. The van der Waals surface area contributed by atoms with Gasteiger partial charge in [-0.2, -0.15) is 28.7 Å². The normalized spacial score (nSPS) is 12.2. The molecule has 0 aliphatic heterocycles. The molecule has 0 aliphatic rings. The van der Waals surface area contributed by atoms with Crippen LogP contribution in [0.25, 0.3) is 66.5 Å². The lowest BCUT2D eigenvalue weighted by molar-refractivity contribution is 0.501. The fraction of sp³-hybridized carbons (Fsp3) is 0.0909. The average molecular weight is 911 g/mol. The molecule has 14 nitrogen and oxygen atoms in total. The number of benzene rings is 4. The molecule has 0 amide bonds. The molecule has 65 heavy (non-hydrogen) atoms. The maximum atomic E-state index is 14.5. The van der Waals surface area contributed by atoms with Gasteiger partial charge in [0.25, 0.3) is 0 Å². The van der Waals surface area contributed by atoms with Crippen molar-refractivity contribution in [3.8, 4) is 22.3 Å². The molecule has 0 unspecified atom stereocenters. The highest BCUT2D eigenvalue weighted by molar-refractivity contribution is 6.33. The Morgan fingerprint density at radius 2 is 1.11 bits per heavy atom. The number of hydrogen-bond donors (Lipinski definition) is 4. The minimum absolute atomic E-state index is 0.0162. The van der Waals surface area contributed by atoms with Crippen LogP contribution in [0.1, 0.15) is 37.5 Å². The third kappa shape index (κ3) is 8.84. The largest absolute Gasteiger partial charge is 0.458 e. The Kier molecular flexibility index (Phi) is 12.1. The Morgan fingerprint density at radius 3 is 1.65 bits per heavy atom. The van der Waals surface area contributed by atoms with Gasteiger partial charge in [0.1, 0.15) is 67.8 Å². The predicted octanol–water partition coefficient (Wildman–Crippen LogP) is 9.62. The number of anilines is 1. The zero-order valence-corrected chi connectivity index (χ0v) is 34.2. The molecule has 2 atom stereocenters. The van der Waals surface area contributed by atoms with Gasteiger partial charge in [-0.15, -0.1) is 0 Å². The first-order valence-electron chi connectivity index (χ1n) is 19.1. The zero-order valence-electron chi connectivity index (χ0n) is 33.4. The van der Waals surface area contributed by atoms with Gasteiger partial charge in [-0.3, -0.25) is 9.59 Å². The van der Waals surface area contributed by atoms with E-state index in [1.807, 2.05) is 0 Å². The summed E-state index contributed by atoms with van der Waals surface area (Å²) in [6.07, 6.45) is 0.859. The van der Waals surface area contributed by atoms with Crippen LogP contribution in [0.4, 0.5) is 32.2 Å². The van der Waals surface area contributed by atoms with E-state index in [0.717, 1.165) is 12.1 Å². The molecule has 0 saturated carbocycles. The molecule has 0 aliphatic carbocycles. The van der Waals surface area contributed by atoms with Crippen molar-refractivity contribution in [2.45, 2.75) is 25.9 Å². The molecule has 328 valence electrons. The van der Waals surface area contributed by atoms with Crippen molar-refractivity contribution in [1.82, 2.24) is 39.9 Å². The van der Waals surface area contributed by atoms with E-state index in [-0.39, 0.29) is 72.4 Å². The smallest absolute Gasteiger partial charge is 0.312 e. The van der Waals surface area contributed by atoms with E-state index in [0.29, 0.717) is 16.6 Å². The molecule has 10 aromatic rings. The molecule has 10 rings (SSSR count). The summed E-state index contributed by atoms with van der Waals surface area (Å²) >= 11 is 5.54. The summed E-state index contributed by atoms with van der Waals surface area (Å²) in [6, 6.07) is 17.6. The maximum absolute atomic E-state index is 14.5. The van der Waals surface area contributed by atoms with Gasteiger partial charge < -0.3 is 29.9 Å². The molecular weight excluding hydrogens is 882 g/mol. The van der Waals surface area contributed by atoms with E-state index in [2.05, 4.69) is 45.2 Å². The number of imidazole rings is 2. The molecule has 0 bridgehead atoms. The average Bonchev–Trinajstić information content (AvgIpc) is 3.94. The Morgan fingerprint density at radius 1 is 0.631 bits per heavy atom. The standard InChI is InChI=1S/C22H14F3N5O2.C17H13F2NO2.C5H2ClFN4/c1-10(28-21-17-20(27-9-26-17)29-22(25)30-21)19-15(11-4-2-5-12(23)8-11)18(31)16-13(24)6-3-7-14(16)32-19;1-9(20)17-14(10-4-2-5-11(18)8-10)16(21)15-12(19)6-3-7-13(15)22-17;6-3-2-4(9-1-8-2)11-5(7)10-3/h2-10H,1H3,(H2,26,27,28,29,30);2-9H,20H2,1H3;1H,(H,8,9,10,11)/t10-;9-;/m11./s1. The Labute approximate surface area is 365 Å². The van der Waals surface area contributed by atoms with Crippen LogP contribution in [0.2, 0.25) is 5.15 Å². The number of nitrogens with zero attached hydrogens (tertiary/aromatic N) is 6. The first kappa shape index (κ1) is 43.7. The fourth-order valence-electron chi connectivity index (χ4n) is 6.85. The molecule has 5 N–H and O–H groups in total. The first-order valence-corrected chi connectivity index (χ1v) is 19.5. The minimum atomic E-state index is -0.994. The molecule has 21 heteroatoms. The lowest BCUT2D eigenvalue weighted by Crippen LogP contribution is -2.17. The van der Waals surface area contributed by atoms with Gasteiger partial charge in [-0.05, 0) is 73.5 Å². The molecule has 0 radical (unpaired) electrons. The Balaban J connectivity index is 0.000000150. The summed E-state index contributed by atoms with van der Waals surface area (Å²) in [5.41, 5.74) is 6.55. The van der Waals surface area contributed by atoms with Crippen LogP contribution < -0.4 is 21.9 Å². The van der Waals surface area contributed by atoms with Crippen LogP contribution in [-0.2, 0) is 0 Å². The van der Waals surface area contributed by atoms with Crippen molar-refractivity contribution in [2.75, 3.05) is 5.32 Å². The molecule has 0 spiro atoms. The van der Waals surface area contributed by atoms with Gasteiger partial charge in [0.05, 0.1) is 35.9 Å². The molecule has 0 fully saturated rings. The second-order valence-electron chi connectivity index (χ2n) is 14.1. The summed E-state index contributed by atoms with van der Waals surface area (Å²) < 4.78 is 93.7. The predicted molar refractivity (Wildman–Crippen MR) is 229 cm³/mol. The molecular formula is C44H29ClF6N10O4. The second-order valence-corrected chi connectivity index (χ2v) is 14.4. The van der Waals surface area contributed by atoms with Crippen molar-refractivity contribution >= 4 is 61.7 Å². The van der Waals surface area contributed by atoms with Crippen LogP contribution in [0.5, 0.6) is 0 Å². The second kappa shape index (κ2) is 18.0. The van der Waals surface area contributed by atoms with Gasteiger partial charge in [0.2, 0.25) is 10.9 Å². The van der Waals surface area contributed by atoms with E-state index in [4.69, 9.17) is 26.2 Å². The van der Waals surface area contributed by atoms with Gasteiger partial charge in [-0.25, -0.2) is 27.5 Å². The van der Waals surface area contributed by atoms with Crippen molar-refractivity contribution < 1.29 is 35.2 Å². The molecule has 4 aromatic carbocycles. The number of nitrogens with two attached hydrogens (primary N) is 1. The summed E-state index contributed by atoms with van der Waals surface area (Å²) in [7, 11) is 0. The van der Waals surface area contributed by atoms with Crippen molar-refractivity contribution in [3.63, 3.8) is 0 Å². The van der Waals surface area contributed by atoms with Gasteiger partial charge in [0, 0.05) is 0 Å². The number of halogens is 7. The van der Waals surface area contributed by atoms with Crippen LogP contribution >= 0.6 is 11.6 Å². The lowest BCUT2D eigenvalue weighted by atomic mass is 9.99. The highest BCUT2D eigenvalue weighted by atomic mass is 35.5. The van der Waals surface area contributed by atoms with Gasteiger partial charge in [-0.1, -0.05) is 48.0 Å². The van der Waals surface area contributed by atoms with Gasteiger partial charge in [0.15, 0.2) is 22.3 Å². The highest BCUT2D eigenvalue weighted by Gasteiger charge is 2.25. The maximum Gasteiger partial charge on any atom is 0.312 e. The number of aromatic amines is 2. The first-order chi connectivity index (χ1) is 31.2. The quantitative estimate of drug-likeness (QED) is 0.0699. The summed E-state index contributed by atoms with van der Waals surface area (Å²) in [4.78, 5) is 53.2. The van der Waals surface area contributed by atoms with Gasteiger partial charge >= 0.3 is 12.2 Å². The minimum Gasteiger partial charge on any atom is -0.458 e. The van der Waals surface area contributed by atoms with Crippen molar-refractivity contribution in [1.29, 1.82) is 0 Å². The van der Waals surface area contributed by atoms with Crippen LogP contribution in [-0.4, -0.2) is 39.9 Å². The Bertz CT molecular complexity index is 3550. The van der Waals surface area contributed by atoms with E-state index in [1.165, 1.54) is 79.4 Å². The summed E-state index contributed by atoms with van der Waals surface area (Å²) in [5, 5.41) is 2.62. The van der Waals surface area contributed by atoms with Crippen LogP contribution in [0.3, 0.4) is 0 Å². The number of H-pyrrole nitrogens is 2. The summed E-state index contributed by atoms with van der Waals surface area (Å²) in [5.74, 6) is -2.11. The van der Waals surface area contributed by atoms with E-state index >= 15 is 0 Å². The van der Waals surface area contributed by atoms with E-state index < -0.39 is 58.4 Å². The lowest BCUT2D eigenvalue weighted by Gasteiger charge is -2.18. The number of rotatable bonds is 6. The SMILES string of the molecule is C[C@@H](N)c1oc2cccc(F)c2c(=O)c1-c1cccc(F)c1.C[C@@H](Nc1nc(F)nc2nc[nH]c12)c1oc2cccc(F)c2c(=O)c1-c1cccc(F)c1.Fc1nc(Cl)c2[nH]cnc2n1. The molecule has 6 heterocycles. The fourth-order valence-corrected chi connectivity index (χ4v) is 7.06. The number of aromatic nitrogens is 8. The molecule has 0 saturated heterocycles. The third-order valence-electron chi connectivity index (χ3n) is 9.65.